The zero-order chi connectivity index (χ0) is 47.4. The van der Waals surface area contributed by atoms with E-state index in [9.17, 15) is 10.1 Å². The number of aromatic nitrogens is 2. The molecule has 1 spiro atoms. The van der Waals surface area contributed by atoms with Crippen LogP contribution in [0.2, 0.25) is 0 Å². The first-order valence-corrected chi connectivity index (χ1v) is 27.1. The number of carbonyl (C=O) groups is 1. The number of ether oxygens (including phenoxy) is 2. The molecule has 6 fully saturated rings. The number of amides is 1. The molecule has 3 aromatic rings. The van der Waals surface area contributed by atoms with Crippen LogP contribution in [0, 0.1) is 34.5 Å². The van der Waals surface area contributed by atoms with Crippen LogP contribution in [0.3, 0.4) is 0 Å². The highest BCUT2D eigenvalue weighted by Gasteiger charge is 2.51. The molecular weight excluding hydrogens is 869 g/mol. The van der Waals surface area contributed by atoms with Gasteiger partial charge in [0.25, 0.3) is 5.91 Å². The van der Waals surface area contributed by atoms with Crippen molar-refractivity contribution in [2.75, 3.05) is 31.1 Å². The second-order valence-corrected chi connectivity index (χ2v) is 22.3. The number of nitrogens with zero attached hydrogens (tertiary/aromatic N) is 6. The van der Waals surface area contributed by atoms with Crippen molar-refractivity contribution >= 4 is 29.2 Å². The number of aryl methyl sites for hydroxylation is 1. The van der Waals surface area contributed by atoms with Crippen molar-refractivity contribution in [2.45, 2.75) is 172 Å². The number of hydrazine groups is 1. The number of rotatable bonds is 12. The van der Waals surface area contributed by atoms with Gasteiger partial charge >= 0.3 is 0 Å². The van der Waals surface area contributed by atoms with E-state index in [-0.39, 0.29) is 44.1 Å². The molecular formula is C54H78N10O3S. The molecule has 4 saturated heterocycles. The zero-order valence-electron chi connectivity index (χ0n) is 41.4. The highest BCUT2D eigenvalue weighted by Crippen LogP contribution is 2.53. The molecule has 68 heavy (non-hydrogen) atoms. The Bertz CT molecular complexity index is 2240. The topological polar surface area (TPSA) is 152 Å². The van der Waals surface area contributed by atoms with Crippen molar-refractivity contribution in [3.63, 3.8) is 0 Å². The van der Waals surface area contributed by atoms with Gasteiger partial charge in [-0.1, -0.05) is 65.3 Å². The summed E-state index contributed by atoms with van der Waals surface area (Å²) < 4.78 is 12.4. The molecule has 0 radical (unpaired) electrons. The predicted octanol–water partition coefficient (Wildman–Crippen LogP) is 8.63. The van der Waals surface area contributed by atoms with E-state index in [0.717, 1.165) is 107 Å². The molecule has 0 bridgehead atoms. The van der Waals surface area contributed by atoms with Gasteiger partial charge in [-0.2, -0.15) is 5.26 Å². The van der Waals surface area contributed by atoms with Crippen LogP contribution in [0.15, 0.2) is 59.6 Å². The van der Waals surface area contributed by atoms with Crippen LogP contribution >= 0.6 is 11.8 Å². The zero-order valence-corrected chi connectivity index (χ0v) is 42.2. The molecule has 6 heterocycles. The van der Waals surface area contributed by atoms with Crippen molar-refractivity contribution in [1.29, 1.82) is 5.26 Å². The first-order chi connectivity index (χ1) is 33.1. The van der Waals surface area contributed by atoms with E-state index in [0.29, 0.717) is 39.5 Å². The van der Waals surface area contributed by atoms with Gasteiger partial charge in [-0.3, -0.25) is 20.0 Å². The summed E-state index contributed by atoms with van der Waals surface area (Å²) >= 11 is 2.13. The average molecular weight is 947 g/mol. The third-order valence-electron chi connectivity index (χ3n) is 15.8. The number of benzene rings is 2. The van der Waals surface area contributed by atoms with Crippen LogP contribution in [-0.2, 0) is 17.6 Å². The summed E-state index contributed by atoms with van der Waals surface area (Å²) in [5, 5.41) is 26.2. The molecule has 2 aromatic carbocycles. The Hall–Kier alpha value is -4.10. The molecule has 5 aliphatic heterocycles. The van der Waals surface area contributed by atoms with Crippen LogP contribution in [0.1, 0.15) is 146 Å². The van der Waals surface area contributed by atoms with E-state index in [2.05, 4.69) is 111 Å². The monoisotopic (exact) mass is 947 g/mol. The Morgan fingerprint density at radius 1 is 1.04 bits per heavy atom. The third-order valence-corrected chi connectivity index (χ3v) is 17.3. The second-order valence-electron chi connectivity index (χ2n) is 20.8. The van der Waals surface area contributed by atoms with Crippen molar-refractivity contribution < 1.29 is 15.7 Å². The lowest BCUT2D eigenvalue weighted by Gasteiger charge is -2.53. The van der Waals surface area contributed by atoms with Gasteiger partial charge in [0, 0.05) is 50.4 Å². The molecule has 1 aromatic heterocycles. The van der Waals surface area contributed by atoms with E-state index >= 15 is 0 Å². The van der Waals surface area contributed by atoms with Gasteiger partial charge in [-0.25, -0.2) is 10.9 Å². The Morgan fingerprint density at radius 2 is 1.85 bits per heavy atom. The lowest BCUT2D eigenvalue weighted by molar-refractivity contribution is 0.0383. The quantitative estimate of drug-likeness (QED) is 0.138. The predicted molar refractivity (Wildman–Crippen MR) is 274 cm³/mol. The number of nitrogens with one attached hydrogen (secondary N) is 4. The first-order valence-electron chi connectivity index (χ1n) is 26.2. The maximum absolute atomic E-state index is 13.3. The highest BCUT2D eigenvalue weighted by molar-refractivity contribution is 8.00. The maximum atomic E-state index is 13.3. The number of fused-ring (bicyclic) bond motifs is 3. The normalized spacial score (nSPS) is 33.5. The molecule has 2 aliphatic carbocycles. The van der Waals surface area contributed by atoms with E-state index < -0.39 is 0 Å². The van der Waals surface area contributed by atoms with Gasteiger partial charge in [0.1, 0.15) is 12.0 Å². The summed E-state index contributed by atoms with van der Waals surface area (Å²) in [6.07, 6.45) is 13.8. The largest absolute Gasteiger partial charge is 0.490 e. The van der Waals surface area contributed by atoms with Crippen molar-refractivity contribution in [2.24, 2.45) is 28.2 Å². The van der Waals surface area contributed by atoms with Crippen molar-refractivity contribution in [3.05, 3.63) is 82.5 Å². The Balaban J connectivity index is 0.00000211. The van der Waals surface area contributed by atoms with Gasteiger partial charge < -0.3 is 19.7 Å². The molecule has 4 N–H and O–H groups in total. The fraction of sp³-hybridized carbons (Fsp3) is 0.648. The van der Waals surface area contributed by atoms with E-state index in [1.165, 1.54) is 42.5 Å². The molecule has 14 heteroatoms. The minimum Gasteiger partial charge on any atom is -0.490 e. The minimum atomic E-state index is -0.163. The van der Waals surface area contributed by atoms with Crippen molar-refractivity contribution in [1.82, 2.24) is 36.6 Å². The van der Waals surface area contributed by atoms with Crippen LogP contribution in [0.5, 0.6) is 5.75 Å². The number of piperidine rings is 1. The summed E-state index contributed by atoms with van der Waals surface area (Å²) in [6, 6.07) is 21.6. The molecule has 1 amide bonds. The average Bonchev–Trinajstić information content (AvgIpc) is 3.98. The van der Waals surface area contributed by atoms with Gasteiger partial charge in [-0.15, -0.1) is 22.0 Å². The number of thioether (sulfide) groups is 1. The fourth-order valence-electron chi connectivity index (χ4n) is 12.7. The SMILES string of the molecule is CC.CCCc1cc(OC2CCC(NC(=O)c3ccc(N4CCCC5(CC(Cc6ccc(C7=N[C@@H](CC8NCCO8)C8NNC(C)N8C8SC(C)CC(C)C78)cc6)C5)C4)nn3)CC2)ccc1C#N.[HH]. The molecule has 7 aliphatic rings. The van der Waals surface area contributed by atoms with Crippen molar-refractivity contribution in [3.8, 4) is 11.8 Å². The van der Waals surface area contributed by atoms with Gasteiger partial charge in [-0.05, 0) is 142 Å². The Kier molecular flexibility index (Phi) is 15.8. The number of nitriles is 1. The van der Waals surface area contributed by atoms with Gasteiger partial charge in [0.2, 0.25) is 0 Å². The van der Waals surface area contributed by atoms with E-state index in [1.54, 1.807) is 0 Å². The number of carbonyl (C=O) groups excluding carboxylic acids is 1. The van der Waals surface area contributed by atoms with Gasteiger partial charge in [0.05, 0.1) is 48.1 Å². The second kappa shape index (κ2) is 21.9. The minimum absolute atomic E-state index is 0. The summed E-state index contributed by atoms with van der Waals surface area (Å²) in [5.74, 6) is 3.09. The lowest BCUT2D eigenvalue weighted by Crippen LogP contribution is -2.54. The number of hydrogen-bond acceptors (Lipinski definition) is 13. The summed E-state index contributed by atoms with van der Waals surface area (Å²) in [7, 11) is 0. The van der Waals surface area contributed by atoms with Crippen LogP contribution in [0.25, 0.3) is 0 Å². The standard InChI is InChI=1S/C52H70N10O3S.C2H6.H2/c1-5-7-38-26-42(15-12-39(38)30-53)65-41-16-13-40(14-17-41)55-50(63)43-18-19-45(59-58-43)61-22-6-20-52(31-61)28-36(29-52)25-35-8-10-37(11-9-35)48-47-32(2)24-33(3)66-51(47)62-34(4)57-60-49(62)44(56-48)27-46-54-21-23-64-46;1-2;/h8-12,15,18-19,26,32-34,36,40-41,44,46-47,49,51,54,57,60H,5-7,13-14,16-17,20-25,27-29,31H2,1-4H3,(H,55,63);1-2H3;1H/t32?,33?,34?,36?,40?,41?,44-,46?,47?,49?,51?,52?;;/m0../s1. The Morgan fingerprint density at radius 3 is 2.57 bits per heavy atom. The smallest absolute Gasteiger partial charge is 0.272 e. The molecule has 7 unspecified atom stereocenters. The number of aliphatic imine (C=N–C) groups is 1. The van der Waals surface area contributed by atoms with Crippen LogP contribution in [0.4, 0.5) is 5.82 Å². The molecule has 2 saturated carbocycles. The molecule has 368 valence electrons. The van der Waals surface area contributed by atoms with Crippen LogP contribution in [-0.4, -0.2) is 100 Å². The Labute approximate surface area is 411 Å². The van der Waals surface area contributed by atoms with E-state index in [1.807, 2.05) is 44.2 Å². The van der Waals surface area contributed by atoms with Gasteiger partial charge in [0.15, 0.2) is 11.5 Å². The summed E-state index contributed by atoms with van der Waals surface area (Å²) in [5.41, 5.74) is 13.6. The number of hydrogen-bond donors (Lipinski definition) is 4. The summed E-state index contributed by atoms with van der Waals surface area (Å²) in [4.78, 5) is 24.1. The highest BCUT2D eigenvalue weighted by atomic mass is 32.2. The molecule has 10 rings (SSSR count). The number of anilines is 1. The lowest BCUT2D eigenvalue weighted by atomic mass is 9.57. The third kappa shape index (κ3) is 10.8. The molecule has 13 nitrogen and oxygen atoms in total. The fourth-order valence-corrected chi connectivity index (χ4v) is 14.6. The van der Waals surface area contributed by atoms with Crippen LogP contribution < -0.4 is 31.1 Å². The summed E-state index contributed by atoms with van der Waals surface area (Å²) in [6.45, 7) is 16.9. The molecule has 8 atom stereocenters. The van der Waals surface area contributed by atoms with E-state index in [4.69, 9.17) is 14.5 Å². The maximum Gasteiger partial charge on any atom is 0.272 e. The first kappa shape index (κ1) is 48.9.